The molecule has 2 rings (SSSR count). The maximum atomic E-state index is 11.0. The van der Waals surface area contributed by atoms with Gasteiger partial charge >= 0.3 is 5.69 Å². The number of fused-ring (bicyclic) bond motifs is 1. The van der Waals surface area contributed by atoms with Gasteiger partial charge < -0.3 is 4.98 Å². The van der Waals surface area contributed by atoms with Gasteiger partial charge in [0.2, 0.25) is 0 Å². The summed E-state index contributed by atoms with van der Waals surface area (Å²) < 4.78 is 0.743. The lowest BCUT2D eigenvalue weighted by Crippen LogP contribution is -2.26. The Balaban J connectivity index is 3.18. The van der Waals surface area contributed by atoms with E-state index in [4.69, 9.17) is 11.8 Å². The van der Waals surface area contributed by atoms with Crippen LogP contribution in [0.5, 0.6) is 0 Å². The molecule has 2 aromatic rings. The molecule has 7 heteroatoms. The summed E-state index contributed by atoms with van der Waals surface area (Å²) in [6.07, 6.45) is 1.29. The van der Waals surface area contributed by atoms with E-state index >= 15 is 0 Å². The Hall–Kier alpha value is -1.56. The standard InChI is InChI=1S/C5H3ClN4O2/c6-10-3-2(7-1-8-3)4(11)9-5(10)12/h1H,(H,7,8)(H,9,11,12). The van der Waals surface area contributed by atoms with Gasteiger partial charge in [-0.3, -0.25) is 9.78 Å². The van der Waals surface area contributed by atoms with Crippen LogP contribution < -0.4 is 11.2 Å². The van der Waals surface area contributed by atoms with E-state index < -0.39 is 11.2 Å². The van der Waals surface area contributed by atoms with Crippen LogP contribution in [0.1, 0.15) is 0 Å². The highest BCUT2D eigenvalue weighted by Gasteiger charge is 2.06. The molecule has 0 saturated heterocycles. The monoisotopic (exact) mass is 186 g/mol. The first-order valence-corrected chi connectivity index (χ1v) is 3.38. The molecule has 12 heavy (non-hydrogen) atoms. The van der Waals surface area contributed by atoms with Gasteiger partial charge in [0.05, 0.1) is 6.33 Å². The van der Waals surface area contributed by atoms with Crippen molar-refractivity contribution in [2.45, 2.75) is 0 Å². The lowest BCUT2D eigenvalue weighted by Gasteiger charge is -1.91. The average Bonchev–Trinajstić information content (AvgIpc) is 2.48. The number of aromatic amines is 2. The van der Waals surface area contributed by atoms with Crippen molar-refractivity contribution in [2.75, 3.05) is 0 Å². The molecule has 0 radical (unpaired) electrons. The number of nitrogens with one attached hydrogen (secondary N) is 2. The number of nitrogens with zero attached hydrogens (tertiary/aromatic N) is 2. The summed E-state index contributed by atoms with van der Waals surface area (Å²) in [7, 11) is 0. The van der Waals surface area contributed by atoms with Crippen LogP contribution in [0.4, 0.5) is 0 Å². The number of H-pyrrole nitrogens is 2. The van der Waals surface area contributed by atoms with Gasteiger partial charge in [0, 0.05) is 11.8 Å². The van der Waals surface area contributed by atoms with Crippen molar-refractivity contribution in [3.8, 4) is 0 Å². The molecule has 0 aliphatic heterocycles. The zero-order chi connectivity index (χ0) is 8.72. The molecule has 62 valence electrons. The SMILES string of the molecule is O=c1[nH]c(=O)n(Cl)c2nc[nH]c12. The number of hydrogen-bond donors (Lipinski definition) is 2. The van der Waals surface area contributed by atoms with Gasteiger partial charge in [-0.05, 0) is 0 Å². The Morgan fingerprint density at radius 3 is 3.00 bits per heavy atom. The molecule has 2 heterocycles. The molecule has 0 unspecified atom stereocenters. The van der Waals surface area contributed by atoms with Crippen LogP contribution in [-0.2, 0) is 0 Å². The highest BCUT2D eigenvalue weighted by atomic mass is 35.5. The van der Waals surface area contributed by atoms with Gasteiger partial charge in [-0.15, -0.1) is 0 Å². The largest absolute Gasteiger partial charge is 0.345 e. The molecule has 6 nitrogen and oxygen atoms in total. The minimum Gasteiger partial charge on any atom is -0.339 e. The quantitative estimate of drug-likeness (QED) is 0.577. The summed E-state index contributed by atoms with van der Waals surface area (Å²) in [5, 5.41) is 0. The molecule has 0 aromatic carbocycles. The molecule has 0 amide bonds. The van der Waals surface area contributed by atoms with E-state index in [0.29, 0.717) is 0 Å². The van der Waals surface area contributed by atoms with Gasteiger partial charge in [-0.25, -0.2) is 9.78 Å². The molecular formula is C5H3ClN4O2. The van der Waals surface area contributed by atoms with E-state index in [0.717, 1.165) is 4.09 Å². The summed E-state index contributed by atoms with van der Waals surface area (Å²) in [4.78, 5) is 30.2. The molecule has 2 aromatic heterocycles. The highest BCUT2D eigenvalue weighted by Crippen LogP contribution is 1.99. The number of halogens is 1. The Morgan fingerprint density at radius 1 is 1.50 bits per heavy atom. The summed E-state index contributed by atoms with van der Waals surface area (Å²) in [6, 6.07) is 0. The van der Waals surface area contributed by atoms with Gasteiger partial charge in [-0.1, -0.05) is 0 Å². The summed E-state index contributed by atoms with van der Waals surface area (Å²) in [5.41, 5.74) is -0.902. The zero-order valence-electron chi connectivity index (χ0n) is 5.67. The molecule has 0 saturated carbocycles. The molecule has 0 aliphatic carbocycles. The van der Waals surface area contributed by atoms with Gasteiger partial charge in [0.1, 0.15) is 0 Å². The maximum absolute atomic E-state index is 11.0. The third kappa shape index (κ3) is 0.782. The summed E-state index contributed by atoms with van der Waals surface area (Å²) in [5.74, 6) is 0. The van der Waals surface area contributed by atoms with Crippen LogP contribution in [0.15, 0.2) is 15.9 Å². The van der Waals surface area contributed by atoms with E-state index in [-0.39, 0.29) is 11.2 Å². The first kappa shape index (κ1) is 7.11. The molecular weight excluding hydrogens is 184 g/mol. The first-order valence-electron chi connectivity index (χ1n) is 3.04. The van der Waals surface area contributed by atoms with E-state index in [2.05, 4.69) is 9.97 Å². The van der Waals surface area contributed by atoms with E-state index in [9.17, 15) is 9.59 Å². The van der Waals surface area contributed by atoms with Gasteiger partial charge in [0.15, 0.2) is 11.2 Å². The van der Waals surface area contributed by atoms with Crippen LogP contribution in [0.2, 0.25) is 0 Å². The fourth-order valence-corrected chi connectivity index (χ4v) is 1.08. The zero-order valence-corrected chi connectivity index (χ0v) is 6.42. The van der Waals surface area contributed by atoms with Crippen LogP contribution in [0, 0.1) is 0 Å². The molecule has 2 N–H and O–H groups in total. The molecule has 0 atom stereocenters. The summed E-state index contributed by atoms with van der Waals surface area (Å²) >= 11 is 5.49. The van der Waals surface area contributed by atoms with Crippen molar-refractivity contribution in [2.24, 2.45) is 0 Å². The normalized spacial score (nSPS) is 10.8. The second kappa shape index (κ2) is 2.21. The van der Waals surface area contributed by atoms with Crippen molar-refractivity contribution in [1.29, 1.82) is 0 Å². The van der Waals surface area contributed by atoms with Crippen LogP contribution >= 0.6 is 11.8 Å². The smallest absolute Gasteiger partial charge is 0.339 e. The van der Waals surface area contributed by atoms with Crippen molar-refractivity contribution in [1.82, 2.24) is 19.0 Å². The fourth-order valence-electron chi connectivity index (χ4n) is 0.908. The van der Waals surface area contributed by atoms with Crippen molar-refractivity contribution in [3.63, 3.8) is 0 Å². The second-order valence-electron chi connectivity index (χ2n) is 2.14. The Labute approximate surface area is 69.9 Å². The van der Waals surface area contributed by atoms with Crippen LogP contribution in [0.3, 0.4) is 0 Å². The topological polar surface area (TPSA) is 83.5 Å². The number of aromatic nitrogens is 4. The molecule has 0 fully saturated rings. The van der Waals surface area contributed by atoms with Crippen LogP contribution in [-0.4, -0.2) is 19.0 Å². The number of hydrogen-bond acceptors (Lipinski definition) is 3. The lowest BCUT2D eigenvalue weighted by molar-refractivity contribution is 1.01. The maximum Gasteiger partial charge on any atom is 0.345 e. The molecule has 0 aliphatic rings. The minimum atomic E-state index is -0.693. The van der Waals surface area contributed by atoms with Crippen molar-refractivity contribution in [3.05, 3.63) is 27.2 Å². The number of rotatable bonds is 0. The third-order valence-corrected chi connectivity index (χ3v) is 1.74. The van der Waals surface area contributed by atoms with E-state index in [1.54, 1.807) is 0 Å². The molecule has 0 bridgehead atoms. The Kier molecular flexibility index (Phi) is 1.31. The highest BCUT2D eigenvalue weighted by molar-refractivity contribution is 6.17. The fraction of sp³-hybridized carbons (Fsp3) is 0. The van der Waals surface area contributed by atoms with E-state index in [1.807, 2.05) is 4.98 Å². The Morgan fingerprint density at radius 2 is 2.25 bits per heavy atom. The van der Waals surface area contributed by atoms with E-state index in [1.165, 1.54) is 6.33 Å². The van der Waals surface area contributed by atoms with Gasteiger partial charge in [0.25, 0.3) is 5.56 Å². The molecule has 0 spiro atoms. The number of imidazole rings is 1. The van der Waals surface area contributed by atoms with Crippen LogP contribution in [0.25, 0.3) is 11.2 Å². The van der Waals surface area contributed by atoms with Crippen molar-refractivity contribution < 1.29 is 0 Å². The Bertz CT molecular complexity index is 536. The predicted molar refractivity (Wildman–Crippen MR) is 42.2 cm³/mol. The minimum absolute atomic E-state index is 0.130. The lowest BCUT2D eigenvalue weighted by atomic mass is 10.5. The summed E-state index contributed by atoms with van der Waals surface area (Å²) in [6.45, 7) is 0. The third-order valence-electron chi connectivity index (χ3n) is 1.43. The predicted octanol–water partition coefficient (Wildman–Crippen LogP) is -0.585. The van der Waals surface area contributed by atoms with Gasteiger partial charge in [-0.2, -0.15) is 4.09 Å². The average molecular weight is 187 g/mol. The second-order valence-corrected chi connectivity index (χ2v) is 2.48. The first-order chi connectivity index (χ1) is 5.70. The van der Waals surface area contributed by atoms with Crippen molar-refractivity contribution >= 4 is 22.9 Å².